The van der Waals surface area contributed by atoms with Crippen molar-refractivity contribution < 1.29 is 14.0 Å². The van der Waals surface area contributed by atoms with Crippen LogP contribution in [0.5, 0.6) is 0 Å². The fourth-order valence-electron chi connectivity index (χ4n) is 6.83. The second-order valence-corrected chi connectivity index (χ2v) is 28.6. The Bertz CT molecular complexity index is 1140. The zero-order chi connectivity index (χ0) is 33.5. The monoisotopic (exact) mass is 660 g/mol. The van der Waals surface area contributed by atoms with Crippen LogP contribution in [0.15, 0.2) is 47.1 Å². The van der Waals surface area contributed by atoms with E-state index >= 15 is 0 Å². The van der Waals surface area contributed by atoms with Gasteiger partial charge in [-0.05, 0) is 96.8 Å². The minimum absolute atomic E-state index is 0.0757. The number of fused-ring (bicyclic) bond motifs is 1. The van der Waals surface area contributed by atoms with Gasteiger partial charge >= 0.3 is 0 Å². The number of aliphatic hydroxyl groups excluding tert-OH is 1. The molecule has 3 nitrogen and oxygen atoms in total. The molecular formula is C38H68O3SSi2. The summed E-state index contributed by atoms with van der Waals surface area (Å²) in [6.07, 6.45) is 14.6. The number of allylic oxidation sites excluding steroid dienone is 5. The van der Waals surface area contributed by atoms with E-state index in [1.54, 1.807) is 11.1 Å². The molecule has 6 heteroatoms. The van der Waals surface area contributed by atoms with E-state index in [-0.39, 0.29) is 28.2 Å². The molecule has 0 bridgehead atoms. The topological polar surface area (TPSA) is 38.7 Å². The number of thioether (sulfide) groups is 1. The largest absolute Gasteiger partial charge is 0.410 e. The van der Waals surface area contributed by atoms with Crippen LogP contribution in [0.3, 0.4) is 0 Å². The van der Waals surface area contributed by atoms with Crippen molar-refractivity contribution in [3.8, 4) is 0 Å². The molecule has 0 saturated heterocycles. The molecule has 3 aliphatic rings. The number of hydrogen-bond acceptors (Lipinski definition) is 4. The molecule has 3 aliphatic carbocycles. The van der Waals surface area contributed by atoms with E-state index in [2.05, 4.69) is 114 Å². The first kappa shape index (κ1) is 38.1. The molecule has 2 fully saturated rings. The van der Waals surface area contributed by atoms with E-state index in [9.17, 15) is 5.11 Å². The Labute approximate surface area is 279 Å². The Morgan fingerprint density at radius 1 is 1.07 bits per heavy atom. The fourth-order valence-corrected chi connectivity index (χ4v) is 11.8. The first-order valence-electron chi connectivity index (χ1n) is 17.5. The molecule has 0 aliphatic heterocycles. The molecular weight excluding hydrogens is 593 g/mol. The van der Waals surface area contributed by atoms with E-state index in [4.69, 9.17) is 15.4 Å². The van der Waals surface area contributed by atoms with E-state index in [0.29, 0.717) is 17.1 Å². The molecule has 0 aromatic rings. The summed E-state index contributed by atoms with van der Waals surface area (Å²) in [7, 11) is -4.25. The molecule has 1 N–H and O–H groups in total. The van der Waals surface area contributed by atoms with Gasteiger partial charge in [0.15, 0.2) is 16.6 Å². The summed E-state index contributed by atoms with van der Waals surface area (Å²) >= 11 is 1.83. The van der Waals surface area contributed by atoms with E-state index in [1.807, 2.05) is 11.8 Å². The van der Waals surface area contributed by atoms with Crippen LogP contribution in [0.1, 0.15) is 114 Å². The van der Waals surface area contributed by atoms with Crippen LogP contribution in [0, 0.1) is 17.3 Å². The average molecular weight is 661 g/mol. The van der Waals surface area contributed by atoms with Gasteiger partial charge in [-0.25, -0.2) is 0 Å². The zero-order valence-electron chi connectivity index (χ0n) is 31.1. The number of rotatable bonds is 10. The second kappa shape index (κ2) is 13.6. The quantitative estimate of drug-likeness (QED) is 0.144. The number of hydrogen-bond donors (Lipinski definition) is 1. The fraction of sp³-hybridized carbons (Fsp3) is 0.789. The molecule has 0 radical (unpaired) electrons. The van der Waals surface area contributed by atoms with Crippen molar-refractivity contribution in [2.45, 2.75) is 168 Å². The SMILES string of the molecule is C=C1C(=CC=C2CCC[C@]3(C)C(CC)=CC[C@H]23)C[C@](O[Si](C)(C)C(C)(C)C)(SC[C@@H](O)C(C)C)C[C@@H]1O[Si](C)(C)C(C)(C)C. The van der Waals surface area contributed by atoms with Crippen molar-refractivity contribution in [2.75, 3.05) is 5.75 Å². The van der Waals surface area contributed by atoms with Crippen LogP contribution < -0.4 is 0 Å². The maximum absolute atomic E-state index is 11.0. The third kappa shape index (κ3) is 8.18. The molecule has 0 amide bonds. The third-order valence-corrected chi connectivity index (χ3v) is 22.7. The van der Waals surface area contributed by atoms with Crippen molar-refractivity contribution in [3.05, 3.63) is 47.1 Å². The van der Waals surface area contributed by atoms with E-state index in [1.165, 1.54) is 31.3 Å². The molecule has 5 atom stereocenters. The molecule has 0 unspecified atom stereocenters. The van der Waals surface area contributed by atoms with Crippen molar-refractivity contribution in [1.82, 2.24) is 0 Å². The lowest BCUT2D eigenvalue weighted by Gasteiger charge is -2.51. The molecule has 0 heterocycles. The summed E-state index contributed by atoms with van der Waals surface area (Å²) in [6.45, 7) is 37.2. The van der Waals surface area contributed by atoms with Crippen LogP contribution in [0.4, 0.5) is 0 Å². The minimum atomic E-state index is -2.16. The zero-order valence-corrected chi connectivity index (χ0v) is 33.9. The van der Waals surface area contributed by atoms with Gasteiger partial charge in [-0.3, -0.25) is 0 Å². The molecule has 0 spiro atoms. The predicted molar refractivity (Wildman–Crippen MR) is 199 cm³/mol. The van der Waals surface area contributed by atoms with Gasteiger partial charge in [0.05, 0.1) is 12.2 Å². The normalized spacial score (nSPS) is 31.5. The molecule has 252 valence electrons. The maximum Gasteiger partial charge on any atom is 0.193 e. The van der Waals surface area contributed by atoms with Gasteiger partial charge in [0.1, 0.15) is 4.93 Å². The highest BCUT2D eigenvalue weighted by Gasteiger charge is 2.51. The average Bonchev–Trinajstić information content (AvgIpc) is 3.23. The lowest BCUT2D eigenvalue weighted by molar-refractivity contribution is 0.0711. The maximum atomic E-state index is 11.0. The Balaban J connectivity index is 2.11. The summed E-state index contributed by atoms with van der Waals surface area (Å²) in [5.74, 6) is 1.48. The lowest BCUT2D eigenvalue weighted by Crippen LogP contribution is -2.54. The van der Waals surface area contributed by atoms with Crippen molar-refractivity contribution >= 4 is 28.4 Å². The van der Waals surface area contributed by atoms with Crippen LogP contribution in [0.2, 0.25) is 36.3 Å². The molecule has 3 rings (SSSR count). The van der Waals surface area contributed by atoms with E-state index in [0.717, 1.165) is 24.8 Å². The Morgan fingerprint density at radius 3 is 2.23 bits per heavy atom. The van der Waals surface area contributed by atoms with E-state index < -0.39 is 21.6 Å². The molecule has 44 heavy (non-hydrogen) atoms. The minimum Gasteiger partial charge on any atom is -0.410 e. The van der Waals surface area contributed by atoms with Gasteiger partial charge in [0.25, 0.3) is 0 Å². The van der Waals surface area contributed by atoms with Crippen molar-refractivity contribution in [3.63, 3.8) is 0 Å². The van der Waals surface area contributed by atoms with Gasteiger partial charge in [-0.15, -0.1) is 11.8 Å². The standard InChI is InChI=1S/C38H68O3SSi2/c1-16-31-21-22-32-29(18-17-23-37(31,32)11)19-20-30-24-38(42-26-33(39)27(2)3,41-44(14,15)36(8,9)10)25-34(28(30)4)40-43(12,13)35(5,6)7/h19-21,27,32-34,39H,4,16-18,22-26H2,1-3,5-15H3/t32-,33-,34+,37-,38+/m1/s1. The third-order valence-electron chi connectivity index (χ3n) is 12.1. The summed E-state index contributed by atoms with van der Waals surface area (Å²) < 4.78 is 14.7. The molecule has 0 aromatic carbocycles. The van der Waals surface area contributed by atoms with Crippen LogP contribution in [-0.4, -0.2) is 44.6 Å². The van der Waals surface area contributed by atoms with Gasteiger partial charge in [0.2, 0.25) is 0 Å². The van der Waals surface area contributed by atoms with Crippen molar-refractivity contribution in [2.24, 2.45) is 17.3 Å². The highest BCUT2D eigenvalue weighted by atomic mass is 32.2. The van der Waals surface area contributed by atoms with Gasteiger partial charge in [0, 0.05) is 18.6 Å². The van der Waals surface area contributed by atoms with Gasteiger partial charge in [-0.1, -0.05) is 105 Å². The Kier molecular flexibility index (Phi) is 11.8. The highest BCUT2D eigenvalue weighted by Crippen LogP contribution is 2.56. The predicted octanol–water partition coefficient (Wildman–Crippen LogP) is 11.6. The summed E-state index contributed by atoms with van der Waals surface area (Å²) in [4.78, 5) is -0.469. The van der Waals surface area contributed by atoms with Gasteiger partial charge < -0.3 is 14.0 Å². The highest BCUT2D eigenvalue weighted by molar-refractivity contribution is 8.00. The lowest BCUT2D eigenvalue weighted by atomic mass is 9.64. The summed E-state index contributed by atoms with van der Waals surface area (Å²) in [5, 5.41) is 11.2. The summed E-state index contributed by atoms with van der Waals surface area (Å²) in [6, 6.07) is 0. The Morgan fingerprint density at radius 2 is 1.68 bits per heavy atom. The van der Waals surface area contributed by atoms with Gasteiger partial charge in [-0.2, -0.15) is 0 Å². The first-order chi connectivity index (χ1) is 20.0. The smallest absolute Gasteiger partial charge is 0.193 e. The number of aliphatic hydroxyl groups is 1. The molecule has 0 aromatic heterocycles. The van der Waals surface area contributed by atoms with Crippen LogP contribution in [-0.2, 0) is 8.85 Å². The van der Waals surface area contributed by atoms with Crippen LogP contribution >= 0.6 is 11.8 Å². The molecule has 2 saturated carbocycles. The Hall–Kier alpha value is -0.376. The summed E-state index contributed by atoms with van der Waals surface area (Å²) in [5.41, 5.74) is 5.97. The second-order valence-electron chi connectivity index (χ2n) is 17.7. The first-order valence-corrected chi connectivity index (χ1v) is 24.3. The van der Waals surface area contributed by atoms with Crippen LogP contribution in [0.25, 0.3) is 0 Å². The van der Waals surface area contributed by atoms with Crippen molar-refractivity contribution in [1.29, 1.82) is 0 Å².